The second kappa shape index (κ2) is 24.7. The zero-order valence-corrected chi connectivity index (χ0v) is 49.4. The van der Waals surface area contributed by atoms with Crippen LogP contribution >= 0.6 is 31.3 Å². The number of imidazole rings is 4. The van der Waals surface area contributed by atoms with Crippen molar-refractivity contribution in [1.29, 1.82) is 0 Å². The van der Waals surface area contributed by atoms with Crippen molar-refractivity contribution in [3.8, 4) is 0 Å². The van der Waals surface area contributed by atoms with Crippen LogP contribution in [-0.2, 0) is 73.4 Å². The molecule has 6 saturated heterocycles. The Balaban J connectivity index is 0.000000177. The summed E-state index contributed by atoms with van der Waals surface area (Å²) in [6, 6.07) is -2.77. The van der Waals surface area contributed by atoms with Crippen molar-refractivity contribution < 1.29 is 103 Å². The summed E-state index contributed by atoms with van der Waals surface area (Å²) in [5.74, 6) is -0.479. The van der Waals surface area contributed by atoms with Gasteiger partial charge in [-0.25, -0.2) is 58.1 Å². The number of nitrogen functional groups attached to an aromatic ring is 4. The monoisotopic (exact) mass is 1390 g/mol. The second-order valence-corrected chi connectivity index (χ2v) is 26.2. The molecule has 20 atom stereocenters. The summed E-state index contributed by atoms with van der Waals surface area (Å²) in [5.41, 5.74) is 37.3. The number of fused-ring (bicyclic) bond motifs is 10. The van der Waals surface area contributed by atoms with Gasteiger partial charge in [-0.2, -0.15) is 9.97 Å². The number of hydrogen-bond donors (Lipinski definition) is 13. The molecule has 14 heterocycles. The van der Waals surface area contributed by atoms with Crippen molar-refractivity contribution in [3.63, 3.8) is 0 Å². The normalized spacial score (nSPS) is 36.6. The van der Waals surface area contributed by atoms with Crippen LogP contribution in [0.2, 0.25) is 0 Å². The summed E-state index contributed by atoms with van der Waals surface area (Å²) < 4.78 is 124. The van der Waals surface area contributed by atoms with E-state index in [1.165, 1.54) is 26.4 Å². The first-order valence-electron chi connectivity index (χ1n) is 26.4. The highest BCUT2D eigenvalue weighted by molar-refractivity contribution is 7.48. The van der Waals surface area contributed by atoms with Gasteiger partial charge in [-0.05, 0) is 5.53 Å². The first kappa shape index (κ1) is 65.5. The minimum atomic E-state index is -5.16. The smallest absolute Gasteiger partial charge is 0.386 e. The molecular formula is C41H52N24O24P4. The molecule has 52 heteroatoms. The van der Waals surface area contributed by atoms with Crippen molar-refractivity contribution in [1.82, 2.24) is 78.1 Å². The van der Waals surface area contributed by atoms with Gasteiger partial charge in [0.25, 0.3) is 11.1 Å². The number of phosphoric acid groups is 4. The van der Waals surface area contributed by atoms with Gasteiger partial charge in [0.1, 0.15) is 78.6 Å². The SMILES string of the molecule is C.Nc1nc2c(ncn2[C@@H]2O[C@@H]3COP(=O)(O)O[C@H]4[C@@H](O)[C@H](n5cnc6c(N)ncnc65)O[C@@H]4COP(=O)(O)O[C@@H]2[C@@H]3N)c(=O)[nH]1.[N-]=[N+]=N[C@H]1[C@H]2OP(=O)(O)OC[C@H]3O[C@@H](n4cnc5c(N)ncnc54)[C@H](O)[C@@H]3OP(=O)(O)OC[C@H]1O[C@H]2n1cnc2c(=O)[nH]c(N)nc21. The lowest BCUT2D eigenvalue weighted by molar-refractivity contribution is -0.0671. The number of aliphatic hydroxyl groups excluding tert-OH is 2. The molecule has 4 bridgehead atoms. The minimum Gasteiger partial charge on any atom is -0.386 e. The van der Waals surface area contributed by atoms with Crippen LogP contribution in [0.3, 0.4) is 0 Å². The molecule has 8 aromatic heterocycles. The van der Waals surface area contributed by atoms with Crippen molar-refractivity contribution in [2.75, 3.05) is 49.4 Å². The molecule has 8 aromatic rings. The van der Waals surface area contributed by atoms with Gasteiger partial charge >= 0.3 is 31.3 Å². The lowest BCUT2D eigenvalue weighted by Crippen LogP contribution is -2.42. The molecule has 0 aliphatic carbocycles. The van der Waals surface area contributed by atoms with Crippen molar-refractivity contribution >= 4 is 99.5 Å². The van der Waals surface area contributed by atoms with Gasteiger partial charge in [-0.1, -0.05) is 12.5 Å². The zero-order chi connectivity index (χ0) is 65.1. The van der Waals surface area contributed by atoms with E-state index < -0.39 is 167 Å². The summed E-state index contributed by atoms with van der Waals surface area (Å²) in [6.45, 7) is -3.16. The summed E-state index contributed by atoms with van der Waals surface area (Å²) in [5, 5.41) is 25.9. The van der Waals surface area contributed by atoms with Crippen molar-refractivity contribution in [2.45, 2.75) is 105 Å². The summed E-state index contributed by atoms with van der Waals surface area (Å²) in [6.07, 6.45) is -14.1. The molecule has 18 N–H and O–H groups in total. The molecule has 4 unspecified atom stereocenters. The van der Waals surface area contributed by atoms with Crippen LogP contribution < -0.4 is 39.8 Å². The van der Waals surface area contributed by atoms with Crippen LogP contribution in [0.15, 0.2) is 52.7 Å². The largest absolute Gasteiger partial charge is 0.472 e. The number of phosphoric ester groups is 4. The van der Waals surface area contributed by atoms with Gasteiger partial charge in [0.15, 0.2) is 70.2 Å². The molecule has 500 valence electrons. The average Bonchev–Trinajstić information content (AvgIpc) is 1.63. The molecule has 14 rings (SSSR count). The number of aromatic nitrogens is 16. The highest BCUT2D eigenvalue weighted by Gasteiger charge is 2.56. The van der Waals surface area contributed by atoms with Crippen LogP contribution in [0, 0.1) is 0 Å². The fraction of sp³-hybridized carbons (Fsp3) is 0.512. The quantitative estimate of drug-likeness (QED) is 0.0359. The predicted octanol–water partition coefficient (Wildman–Crippen LogP) is -2.76. The summed E-state index contributed by atoms with van der Waals surface area (Å²) in [7, 11) is -20.3. The highest BCUT2D eigenvalue weighted by Crippen LogP contribution is 2.56. The number of nitrogens with zero attached hydrogens (tertiary/aromatic N) is 17. The van der Waals surface area contributed by atoms with Crippen LogP contribution in [-0.4, -0.2) is 207 Å². The van der Waals surface area contributed by atoms with Gasteiger partial charge < -0.3 is 77.4 Å². The minimum absolute atomic E-state index is 0. The molecule has 48 nitrogen and oxygen atoms in total. The molecule has 0 spiro atoms. The average molecular weight is 1390 g/mol. The number of aromatic amines is 2. The van der Waals surface area contributed by atoms with E-state index in [-0.39, 0.29) is 75.6 Å². The van der Waals surface area contributed by atoms with Gasteiger partial charge in [0.2, 0.25) is 11.9 Å². The molecular weight excluding hydrogens is 1340 g/mol. The van der Waals surface area contributed by atoms with Crippen LogP contribution in [0.1, 0.15) is 32.3 Å². The van der Waals surface area contributed by atoms with E-state index in [4.69, 9.17) is 83.8 Å². The van der Waals surface area contributed by atoms with Gasteiger partial charge in [0, 0.05) is 4.91 Å². The van der Waals surface area contributed by atoms with E-state index in [9.17, 15) is 63.2 Å². The van der Waals surface area contributed by atoms with Crippen molar-refractivity contribution in [3.05, 3.63) is 69.1 Å². The number of azide groups is 1. The molecule has 0 amide bonds. The van der Waals surface area contributed by atoms with Crippen LogP contribution in [0.25, 0.3) is 55.1 Å². The fourth-order valence-corrected chi connectivity index (χ4v) is 14.7. The Hall–Kier alpha value is -7.53. The van der Waals surface area contributed by atoms with E-state index in [1.54, 1.807) is 0 Å². The number of nitrogens with two attached hydrogens (primary N) is 5. The summed E-state index contributed by atoms with van der Waals surface area (Å²) >= 11 is 0. The van der Waals surface area contributed by atoms with E-state index in [2.05, 4.69) is 69.8 Å². The highest BCUT2D eigenvalue weighted by atomic mass is 31.2. The van der Waals surface area contributed by atoms with Gasteiger partial charge in [-0.3, -0.25) is 74.0 Å². The Morgan fingerprint density at radius 3 is 1.30 bits per heavy atom. The number of anilines is 4. The Labute approximate surface area is 514 Å². The van der Waals surface area contributed by atoms with E-state index in [0.29, 0.717) is 0 Å². The predicted molar refractivity (Wildman–Crippen MR) is 302 cm³/mol. The second-order valence-electron chi connectivity index (χ2n) is 20.6. The standard InChI is InChI=1S/C20H23N13O12P2.C20H25N11O12P2.CH4/c21-14-9-15(25-3-24-14)32(4-26-9)18-11(34)12-7(43-18)2-41-47(38,39)45-13-8(30-31-23)6(1-40-46(36,37)44-12)42-19(13)33-5-27-10-16(33)28-20(22)29-17(10)35;21-8-6-1-38-44(34,35)42-12-7(41-18(11(12)32)30-4-26-9-14(22)24-3-25-15(9)30)2-39-45(36,37)43-13(8)19(40-6)31-5-27-10-16(31)28-20(23)29-17(10)33;/h3-8,11-13,18-19,34H,1-2H2,(H,36,37)(H,38,39)(H2,21,24,25)(H3,22,28,29,35);3-8,11-13,18-19,32H,1-2,21H2,(H,34,35)(H,36,37)(H2,22,24,25)(H3,23,28,29,33);1H4/t2*6-,7-,8-,11-,12-,13-,18-,19-;/m11./s1. The summed E-state index contributed by atoms with van der Waals surface area (Å²) in [4.78, 5) is 115. The molecule has 93 heavy (non-hydrogen) atoms. The van der Waals surface area contributed by atoms with E-state index in [1.807, 2.05) is 0 Å². The molecule has 0 radical (unpaired) electrons. The van der Waals surface area contributed by atoms with Gasteiger partial charge in [-0.15, -0.1) is 0 Å². The maximum Gasteiger partial charge on any atom is 0.472 e. The Morgan fingerprint density at radius 1 is 0.505 bits per heavy atom. The molecule has 0 saturated carbocycles. The number of nitrogens with one attached hydrogen (secondary N) is 2. The third-order valence-electron chi connectivity index (χ3n) is 14.9. The van der Waals surface area contributed by atoms with Crippen molar-refractivity contribution in [2.24, 2.45) is 10.8 Å². The molecule has 6 aliphatic rings. The number of aliphatic hydroxyl groups is 2. The maximum atomic E-state index is 13.4. The number of rotatable bonds is 5. The topological polar surface area (TPSA) is 694 Å². The Bertz CT molecular complexity index is 4570. The maximum absolute atomic E-state index is 13.4. The first-order valence-corrected chi connectivity index (χ1v) is 32.4. The lowest BCUT2D eigenvalue weighted by Gasteiger charge is -2.26. The number of H-pyrrole nitrogens is 2. The Morgan fingerprint density at radius 2 is 0.860 bits per heavy atom. The Kier molecular flexibility index (Phi) is 17.4. The van der Waals surface area contributed by atoms with E-state index in [0.717, 1.165) is 29.9 Å². The lowest BCUT2D eigenvalue weighted by atomic mass is 10.1. The molecule has 6 aliphatic heterocycles. The first-order chi connectivity index (χ1) is 43.7. The van der Waals surface area contributed by atoms with Crippen LogP contribution in [0.5, 0.6) is 0 Å². The third kappa shape index (κ3) is 12.4. The molecule has 6 fully saturated rings. The third-order valence-corrected chi connectivity index (χ3v) is 18.9. The number of hydrogen-bond acceptors (Lipinski definition) is 36. The zero-order valence-electron chi connectivity index (χ0n) is 45.8. The number of ether oxygens (including phenoxy) is 4. The molecule has 0 aromatic carbocycles. The van der Waals surface area contributed by atoms with E-state index >= 15 is 0 Å². The van der Waals surface area contributed by atoms with Crippen LogP contribution in [0.4, 0.5) is 23.5 Å². The van der Waals surface area contributed by atoms with Gasteiger partial charge in [0.05, 0.1) is 69.9 Å². The fourth-order valence-electron chi connectivity index (χ4n) is 10.8.